The third kappa shape index (κ3) is 4.97. The van der Waals surface area contributed by atoms with Gasteiger partial charge >= 0.3 is 18.1 Å². The Hall–Kier alpha value is -3.47. The van der Waals surface area contributed by atoms with E-state index in [9.17, 15) is 17.9 Å². The summed E-state index contributed by atoms with van der Waals surface area (Å²) in [5, 5.41) is 0. The van der Waals surface area contributed by atoms with E-state index in [1.807, 2.05) is 0 Å². The van der Waals surface area contributed by atoms with Gasteiger partial charge in [-0.05, 0) is 6.07 Å². The molecule has 0 aliphatic carbocycles. The number of hydrogen-bond acceptors (Lipinski definition) is 15. The molecule has 9 unspecified atom stereocenters. The number of pyridine rings is 1. The van der Waals surface area contributed by atoms with E-state index in [4.69, 9.17) is 34.2 Å². The van der Waals surface area contributed by atoms with Gasteiger partial charge in [0, 0.05) is 12.7 Å². The Labute approximate surface area is 245 Å². The average molecular weight is 661 g/mol. The lowest BCUT2D eigenvalue weighted by molar-refractivity contribution is -0.0507. The molecule has 23 heteroatoms. The Kier molecular flexibility index (Phi) is 7.02. The maximum absolute atomic E-state index is 15.9. The smallest absolute Gasteiger partial charge is 0.397 e. The average Bonchev–Trinajstić information content (AvgIpc) is 3.73. The zero-order valence-corrected chi connectivity index (χ0v) is 23.7. The van der Waals surface area contributed by atoms with E-state index in [2.05, 4.69) is 29.6 Å². The zero-order chi connectivity index (χ0) is 31.0. The van der Waals surface area contributed by atoms with Gasteiger partial charge in [0.25, 0.3) is 0 Å². The monoisotopic (exact) mass is 660 g/mol. The lowest BCUT2D eigenvalue weighted by atomic mass is 10.1. The topological polar surface area (TPSA) is 256 Å². The van der Waals surface area contributed by atoms with Crippen molar-refractivity contribution in [1.82, 2.24) is 38.8 Å². The van der Waals surface area contributed by atoms with Gasteiger partial charge < -0.3 is 25.8 Å². The first kappa shape index (κ1) is 29.3. The van der Waals surface area contributed by atoms with Gasteiger partial charge in [-0.25, -0.2) is 42.4 Å². The molecule has 6 N–H and O–H groups in total. The Morgan fingerprint density at radius 2 is 1.66 bits per heavy atom. The summed E-state index contributed by atoms with van der Waals surface area (Å²) in [6.45, 7) is -1.65. The van der Waals surface area contributed by atoms with Gasteiger partial charge in [0.15, 0.2) is 48.0 Å². The molecule has 3 fully saturated rings. The molecule has 0 spiro atoms. The maximum Gasteiger partial charge on any atom is 0.472 e. The number of nitrogens with zero attached hydrogens (tertiary/aromatic N) is 7. The number of anilines is 2. The molecule has 7 heterocycles. The van der Waals surface area contributed by atoms with Crippen LogP contribution in [0.3, 0.4) is 0 Å². The molecule has 0 radical (unpaired) electrons. The fourth-order valence-corrected chi connectivity index (χ4v) is 7.16. The number of halogens is 2. The summed E-state index contributed by atoms with van der Waals surface area (Å²) in [4.78, 5) is 30.7. The van der Waals surface area contributed by atoms with E-state index in [1.54, 1.807) is 0 Å². The minimum atomic E-state index is -5.14. The van der Waals surface area contributed by atoms with Crippen LogP contribution in [0.15, 0.2) is 31.2 Å². The highest BCUT2D eigenvalue weighted by molar-refractivity contribution is 7.84. The molecule has 0 aromatic carbocycles. The van der Waals surface area contributed by atoms with E-state index < -0.39 is 80.5 Å². The number of fused-ring (bicyclic) bond motifs is 5. The highest BCUT2D eigenvalue weighted by Gasteiger charge is 2.54. The second-order valence-electron chi connectivity index (χ2n) is 10.0. The number of alkyl halides is 2. The van der Waals surface area contributed by atoms with Crippen LogP contribution in [0.2, 0.25) is 0 Å². The van der Waals surface area contributed by atoms with E-state index in [1.165, 1.54) is 23.2 Å². The summed E-state index contributed by atoms with van der Waals surface area (Å²) in [6.07, 6.45) is -9.51. The number of nitrogen functional groups attached to an aromatic ring is 2. The van der Waals surface area contributed by atoms with Crippen LogP contribution in [0.25, 0.3) is 22.3 Å². The fraction of sp³-hybridized carbons (Fsp3) is 0.476. The Morgan fingerprint density at radius 1 is 0.955 bits per heavy atom. The van der Waals surface area contributed by atoms with Gasteiger partial charge in [0.05, 0.1) is 24.9 Å². The van der Waals surface area contributed by atoms with Crippen LogP contribution in [0.5, 0.6) is 0 Å². The number of hydrogen-bond donors (Lipinski definition) is 4. The van der Waals surface area contributed by atoms with Gasteiger partial charge in [0.1, 0.15) is 35.7 Å². The van der Waals surface area contributed by atoms with Crippen LogP contribution in [0, 0.1) is 0 Å². The van der Waals surface area contributed by atoms with Crippen molar-refractivity contribution in [1.29, 1.82) is 0 Å². The first-order valence-electron chi connectivity index (χ1n) is 12.8. The molecule has 4 aromatic rings. The van der Waals surface area contributed by atoms with Crippen molar-refractivity contribution in [2.45, 2.75) is 49.2 Å². The standard InChI is InChI=1S/C21H23F2N10O9PS/c22-11-10-4-38-43(34,35)41-15-9(39-20(12(15)23)32-7-30-14-17(25)27-5-28-19(14)32)3-31-44(36,37)42-16(11)21(40-10)33-6-29-13-8(24)1-2-26-18(13)33/h1-2,5-7,9-12,15-16,20-21,31H,3-4H2,(H2,24,26)(H,34,35)(H2,25,27,28). The van der Waals surface area contributed by atoms with Crippen molar-refractivity contribution in [2.75, 3.05) is 24.6 Å². The Bertz CT molecular complexity index is 1900. The quantitative estimate of drug-likeness (QED) is 0.200. The molecule has 3 aliphatic heterocycles. The van der Waals surface area contributed by atoms with Crippen molar-refractivity contribution in [3.8, 4) is 0 Å². The summed E-state index contributed by atoms with van der Waals surface area (Å²) in [6, 6.07) is 1.48. The third-order valence-corrected chi connectivity index (χ3v) is 9.30. The Morgan fingerprint density at radius 3 is 2.45 bits per heavy atom. The lowest BCUT2D eigenvalue weighted by Crippen LogP contribution is -2.43. The summed E-state index contributed by atoms with van der Waals surface area (Å²) >= 11 is 0. The number of imidazole rings is 2. The molecule has 2 bridgehead atoms. The van der Waals surface area contributed by atoms with Crippen molar-refractivity contribution in [3.63, 3.8) is 0 Å². The van der Waals surface area contributed by atoms with Crippen molar-refractivity contribution in [2.24, 2.45) is 0 Å². The molecule has 9 atom stereocenters. The molecule has 44 heavy (non-hydrogen) atoms. The van der Waals surface area contributed by atoms with Gasteiger partial charge in [-0.15, -0.1) is 0 Å². The van der Waals surface area contributed by atoms with Crippen LogP contribution in [-0.4, -0.2) is 97.3 Å². The molecular formula is C21H23F2N10O9PS. The van der Waals surface area contributed by atoms with E-state index in [0.717, 1.165) is 17.2 Å². The summed E-state index contributed by atoms with van der Waals surface area (Å²) in [5.41, 5.74) is 12.5. The first-order chi connectivity index (χ1) is 20.9. The minimum Gasteiger partial charge on any atom is -0.397 e. The first-order valence-corrected chi connectivity index (χ1v) is 15.8. The predicted molar refractivity (Wildman–Crippen MR) is 142 cm³/mol. The molecule has 7 rings (SSSR count). The van der Waals surface area contributed by atoms with Gasteiger partial charge in [-0.2, -0.15) is 13.1 Å². The van der Waals surface area contributed by atoms with Gasteiger partial charge in [-0.3, -0.25) is 18.2 Å². The molecule has 0 saturated carbocycles. The molecule has 0 amide bonds. The van der Waals surface area contributed by atoms with E-state index in [-0.39, 0.29) is 33.8 Å². The maximum atomic E-state index is 15.9. The summed E-state index contributed by atoms with van der Waals surface area (Å²) in [7, 11) is -9.95. The molecule has 3 saturated heterocycles. The summed E-state index contributed by atoms with van der Waals surface area (Å²) < 4.78 is 102. The normalized spacial score (nSPS) is 36.1. The van der Waals surface area contributed by atoms with Crippen LogP contribution < -0.4 is 16.2 Å². The highest BCUT2D eigenvalue weighted by Crippen LogP contribution is 2.50. The molecule has 236 valence electrons. The zero-order valence-electron chi connectivity index (χ0n) is 22.0. The number of phosphoric ester groups is 1. The molecule has 19 nitrogen and oxygen atoms in total. The van der Waals surface area contributed by atoms with Gasteiger partial charge in [0.2, 0.25) is 0 Å². The molecule has 4 aromatic heterocycles. The largest absolute Gasteiger partial charge is 0.472 e. The van der Waals surface area contributed by atoms with Crippen LogP contribution in [0.1, 0.15) is 12.5 Å². The second-order valence-corrected chi connectivity index (χ2v) is 12.8. The highest BCUT2D eigenvalue weighted by atomic mass is 32.2. The van der Waals surface area contributed by atoms with Crippen LogP contribution in [0.4, 0.5) is 20.3 Å². The van der Waals surface area contributed by atoms with Crippen LogP contribution in [-0.2, 0) is 37.6 Å². The second kappa shape index (κ2) is 10.6. The van der Waals surface area contributed by atoms with E-state index >= 15 is 8.78 Å². The number of nitrogens with two attached hydrogens (primary N) is 2. The van der Waals surface area contributed by atoms with Crippen molar-refractivity contribution >= 4 is 52.0 Å². The summed E-state index contributed by atoms with van der Waals surface area (Å²) in [5.74, 6) is 0.00314. The Balaban J connectivity index is 1.20. The number of ether oxygens (including phenoxy) is 2. The SMILES string of the molecule is Nc1ncnc2c1ncn2C1OC2CNS(=O)(=O)OC3C(F)C(COP(=O)(O)OC2C1F)OC3n1cnc2c(N)ccnc21. The van der Waals surface area contributed by atoms with Crippen LogP contribution >= 0.6 is 7.82 Å². The number of rotatable bonds is 2. The molecular weight excluding hydrogens is 637 g/mol. The third-order valence-electron chi connectivity index (χ3n) is 7.31. The molecule has 3 aliphatic rings. The van der Waals surface area contributed by atoms with Crippen molar-refractivity contribution < 1.29 is 49.4 Å². The number of phosphoric acid groups is 1. The lowest BCUT2D eigenvalue weighted by Gasteiger charge is -2.24. The minimum absolute atomic E-state index is 0.00314. The number of nitrogens with one attached hydrogen (secondary N) is 1. The fourth-order valence-electron chi connectivity index (χ4n) is 5.28. The van der Waals surface area contributed by atoms with Gasteiger partial charge in [-0.1, -0.05) is 0 Å². The van der Waals surface area contributed by atoms with E-state index in [0.29, 0.717) is 0 Å². The number of aromatic nitrogens is 7. The van der Waals surface area contributed by atoms with Crippen molar-refractivity contribution in [3.05, 3.63) is 31.2 Å². The predicted octanol–water partition coefficient (Wildman–Crippen LogP) is -0.358.